The fraction of sp³-hybridized carbons (Fsp3) is 0.500. The first-order valence-corrected chi connectivity index (χ1v) is 12.2. The number of rotatable bonds is 9. The van der Waals surface area contributed by atoms with Crippen LogP contribution in [0.2, 0.25) is 0 Å². The molecule has 1 amide bonds. The lowest BCUT2D eigenvalue weighted by atomic mass is 9.89. The van der Waals surface area contributed by atoms with Gasteiger partial charge < -0.3 is 25.3 Å². The lowest BCUT2D eigenvalue weighted by Crippen LogP contribution is -2.51. The van der Waals surface area contributed by atoms with Gasteiger partial charge in [0.2, 0.25) is 0 Å². The number of ether oxygens (including phenoxy) is 1. The minimum absolute atomic E-state index is 0.0121. The van der Waals surface area contributed by atoms with Gasteiger partial charge in [0.1, 0.15) is 29.6 Å². The Morgan fingerprint density at radius 1 is 1.31 bits per heavy atom. The molecule has 3 atom stereocenters. The van der Waals surface area contributed by atoms with Gasteiger partial charge in [-0.1, -0.05) is 0 Å². The van der Waals surface area contributed by atoms with E-state index in [1.165, 1.54) is 6.20 Å². The molecule has 1 saturated carbocycles. The van der Waals surface area contributed by atoms with E-state index in [2.05, 4.69) is 26.0 Å². The molecule has 3 N–H and O–H groups in total. The van der Waals surface area contributed by atoms with Crippen molar-refractivity contribution >= 4 is 28.9 Å². The number of carbonyl (C=O) groups is 1. The summed E-state index contributed by atoms with van der Waals surface area (Å²) in [5.41, 5.74) is 0.882. The molecule has 5 rings (SSSR count). The molecular weight excluding hydrogens is 467 g/mol. The van der Waals surface area contributed by atoms with Gasteiger partial charge in [-0.25, -0.2) is 9.37 Å². The van der Waals surface area contributed by atoms with Gasteiger partial charge in [0.15, 0.2) is 5.65 Å². The van der Waals surface area contributed by atoms with Gasteiger partial charge in [-0.3, -0.25) is 14.5 Å². The molecule has 0 aromatic carbocycles. The average Bonchev–Trinajstić information content (AvgIpc) is 3.50. The maximum atomic E-state index is 13.3. The van der Waals surface area contributed by atoms with Crippen molar-refractivity contribution in [3.8, 4) is 0 Å². The quantitative estimate of drug-likeness (QED) is 0.409. The Bertz CT molecular complexity index is 1310. The summed E-state index contributed by atoms with van der Waals surface area (Å²) in [5.74, 6) is 0.735. The van der Waals surface area contributed by atoms with Crippen molar-refractivity contribution < 1.29 is 13.9 Å². The van der Waals surface area contributed by atoms with E-state index in [1.807, 2.05) is 11.0 Å². The molecule has 0 bridgehead atoms. The molecule has 3 aromatic rings. The summed E-state index contributed by atoms with van der Waals surface area (Å²) in [6.45, 7) is 1.39. The second-order valence-corrected chi connectivity index (χ2v) is 9.19. The molecule has 0 radical (unpaired) electrons. The zero-order chi connectivity index (χ0) is 25.2. The molecule has 2 fully saturated rings. The fourth-order valence-electron chi connectivity index (χ4n) is 4.92. The van der Waals surface area contributed by atoms with Gasteiger partial charge in [-0.15, -0.1) is 0 Å². The predicted molar refractivity (Wildman–Crippen MR) is 134 cm³/mol. The van der Waals surface area contributed by atoms with Gasteiger partial charge in [-0.05, 0) is 31.4 Å². The number of aromatic nitrogens is 4. The highest BCUT2D eigenvalue weighted by Gasteiger charge is 2.33. The second kappa shape index (κ2) is 10.2. The first-order valence-electron chi connectivity index (χ1n) is 12.2. The number of nitrogens with zero attached hydrogens (tertiary/aromatic N) is 5. The maximum absolute atomic E-state index is 13.3. The zero-order valence-electron chi connectivity index (χ0n) is 20.4. The van der Waals surface area contributed by atoms with E-state index in [9.17, 15) is 14.0 Å². The van der Waals surface area contributed by atoms with Crippen molar-refractivity contribution in [3.05, 3.63) is 46.5 Å². The van der Waals surface area contributed by atoms with E-state index in [0.717, 1.165) is 25.8 Å². The van der Waals surface area contributed by atoms with Crippen LogP contribution in [0.25, 0.3) is 5.65 Å². The van der Waals surface area contributed by atoms with Crippen LogP contribution < -0.4 is 21.5 Å². The summed E-state index contributed by atoms with van der Waals surface area (Å²) in [5, 5.41) is 13.5. The summed E-state index contributed by atoms with van der Waals surface area (Å²) in [4.78, 5) is 32.9. The lowest BCUT2D eigenvalue weighted by molar-refractivity contribution is 0.00732. The third-order valence-corrected chi connectivity index (χ3v) is 7.08. The number of carbonyl (C=O) groups excluding carboxylic acids is 1. The fourth-order valence-corrected chi connectivity index (χ4v) is 4.92. The molecule has 12 heteroatoms. The van der Waals surface area contributed by atoms with Crippen LogP contribution >= 0.6 is 0 Å². The highest BCUT2D eigenvalue weighted by molar-refractivity contribution is 6.00. The summed E-state index contributed by atoms with van der Waals surface area (Å²) >= 11 is 0. The average molecular weight is 499 g/mol. The number of methoxy groups -OCH3 is 1. The summed E-state index contributed by atoms with van der Waals surface area (Å²) in [6, 6.07) is 5.18. The number of anilines is 3. The van der Waals surface area contributed by atoms with E-state index in [1.54, 1.807) is 41.6 Å². The molecular formula is C24H31FN8O3. The molecule has 1 aliphatic carbocycles. The normalized spacial score (nSPS) is 21.9. The van der Waals surface area contributed by atoms with Crippen molar-refractivity contribution in [1.82, 2.24) is 29.4 Å². The SMILES string of the molecule is CNc1cc(Nc2cccn([C@H]3CCN(CCF)C3)c2=O)nc2c(C(=O)NC3CC[C@H]3OC)cnn12. The molecule has 192 valence electrons. The minimum Gasteiger partial charge on any atom is -0.379 e. The number of hydrogen-bond donors (Lipinski definition) is 3. The lowest BCUT2D eigenvalue weighted by Gasteiger charge is -2.35. The highest BCUT2D eigenvalue weighted by atomic mass is 19.1. The number of alkyl halides is 1. The first kappa shape index (κ1) is 24.2. The van der Waals surface area contributed by atoms with Crippen molar-refractivity contribution in [1.29, 1.82) is 0 Å². The van der Waals surface area contributed by atoms with E-state index in [0.29, 0.717) is 41.6 Å². The first-order chi connectivity index (χ1) is 17.5. The Hall–Kier alpha value is -3.51. The Balaban J connectivity index is 1.41. The third-order valence-electron chi connectivity index (χ3n) is 7.08. The molecule has 1 aliphatic heterocycles. The number of amides is 1. The van der Waals surface area contributed by atoms with Crippen LogP contribution in [0.5, 0.6) is 0 Å². The number of pyridine rings is 1. The summed E-state index contributed by atoms with van der Waals surface area (Å²) in [6.07, 6.45) is 5.82. The van der Waals surface area contributed by atoms with E-state index < -0.39 is 6.67 Å². The van der Waals surface area contributed by atoms with Crippen LogP contribution in [0.1, 0.15) is 35.7 Å². The van der Waals surface area contributed by atoms with Crippen molar-refractivity contribution in [2.24, 2.45) is 0 Å². The third kappa shape index (κ3) is 4.53. The van der Waals surface area contributed by atoms with Crippen LogP contribution in [-0.4, -0.2) is 82.6 Å². The molecule has 11 nitrogen and oxygen atoms in total. The molecule has 36 heavy (non-hydrogen) atoms. The van der Waals surface area contributed by atoms with Gasteiger partial charge in [0, 0.05) is 46.1 Å². The molecule has 1 unspecified atom stereocenters. The second-order valence-electron chi connectivity index (χ2n) is 9.19. The van der Waals surface area contributed by atoms with Crippen LogP contribution in [0.3, 0.4) is 0 Å². The van der Waals surface area contributed by atoms with Crippen LogP contribution in [-0.2, 0) is 4.74 Å². The standard InChI is InChI=1S/C24H31FN8O3/c1-26-21-12-20(28-18-4-3-9-32(24(18)35)15-7-10-31(14-15)11-8-25)30-22-16(13-27-33(21)22)23(34)29-17-5-6-19(17)36-2/h3-4,9,12-13,15,17,19,26H,5-8,10-11,14H2,1-2H3,(H,28,30)(H,29,34)/t15-,17?,19+/m0/s1. The Morgan fingerprint density at radius 2 is 2.17 bits per heavy atom. The molecule has 0 spiro atoms. The topological polar surface area (TPSA) is 118 Å². The number of fused-ring (bicyclic) bond motifs is 1. The Kier molecular flexibility index (Phi) is 6.88. The van der Waals surface area contributed by atoms with Crippen molar-refractivity contribution in [3.63, 3.8) is 0 Å². The van der Waals surface area contributed by atoms with Crippen LogP contribution in [0.4, 0.5) is 21.7 Å². The van der Waals surface area contributed by atoms with Crippen molar-refractivity contribution in [2.75, 3.05) is 51.1 Å². The summed E-state index contributed by atoms with van der Waals surface area (Å²) in [7, 11) is 3.39. The maximum Gasteiger partial charge on any atom is 0.274 e. The van der Waals surface area contributed by atoms with E-state index in [-0.39, 0.29) is 29.7 Å². The van der Waals surface area contributed by atoms with Crippen LogP contribution in [0.15, 0.2) is 35.4 Å². The van der Waals surface area contributed by atoms with Crippen LogP contribution in [0, 0.1) is 0 Å². The van der Waals surface area contributed by atoms with Gasteiger partial charge in [0.05, 0.1) is 24.4 Å². The number of hydrogen-bond acceptors (Lipinski definition) is 8. The summed E-state index contributed by atoms with van der Waals surface area (Å²) < 4.78 is 21.4. The van der Waals surface area contributed by atoms with Gasteiger partial charge in [0.25, 0.3) is 11.5 Å². The number of halogens is 1. The molecule has 4 heterocycles. The monoisotopic (exact) mass is 498 g/mol. The Morgan fingerprint density at radius 3 is 2.89 bits per heavy atom. The molecule has 3 aromatic heterocycles. The number of nitrogens with one attached hydrogen (secondary N) is 3. The minimum atomic E-state index is -0.395. The largest absolute Gasteiger partial charge is 0.379 e. The smallest absolute Gasteiger partial charge is 0.274 e. The van der Waals surface area contributed by atoms with Gasteiger partial charge in [-0.2, -0.15) is 9.61 Å². The number of likely N-dealkylation sites (tertiary alicyclic amines) is 1. The Labute approximate surface area is 207 Å². The highest BCUT2D eigenvalue weighted by Crippen LogP contribution is 2.25. The van der Waals surface area contributed by atoms with Crippen molar-refractivity contribution in [2.45, 2.75) is 37.5 Å². The van der Waals surface area contributed by atoms with Gasteiger partial charge >= 0.3 is 0 Å². The predicted octanol–water partition coefficient (Wildman–Crippen LogP) is 1.80. The zero-order valence-corrected chi connectivity index (χ0v) is 20.4. The van der Waals surface area contributed by atoms with E-state index >= 15 is 0 Å². The van der Waals surface area contributed by atoms with E-state index in [4.69, 9.17) is 4.74 Å². The molecule has 1 saturated heterocycles. The molecule has 2 aliphatic rings.